The van der Waals surface area contributed by atoms with Crippen molar-refractivity contribution < 1.29 is 4.79 Å². The summed E-state index contributed by atoms with van der Waals surface area (Å²) in [6, 6.07) is 0. The first-order valence-corrected chi connectivity index (χ1v) is 3.93. The van der Waals surface area contributed by atoms with Crippen molar-refractivity contribution in [3.63, 3.8) is 0 Å². The molecule has 0 aromatic rings. The molecule has 0 radical (unpaired) electrons. The smallest absolute Gasteiger partial charge is 0.140 e. The molecular weight excluding hydrogens is 124 g/mol. The van der Waals surface area contributed by atoms with Crippen LogP contribution in [0.4, 0.5) is 0 Å². The number of fused-ring (bicyclic) bond motifs is 1. The van der Waals surface area contributed by atoms with Gasteiger partial charge in [0.05, 0.1) is 0 Å². The molecule has 2 rings (SSSR count). The Balaban J connectivity index is 2.30. The first-order chi connectivity index (χ1) is 4.72. The summed E-state index contributed by atoms with van der Waals surface area (Å²) in [5.74, 6) is 0.828. The van der Waals surface area contributed by atoms with Gasteiger partial charge in [0.1, 0.15) is 5.78 Å². The fraction of sp³-hybridized carbons (Fsp3) is 0.667. The Labute approximate surface area is 61.1 Å². The Hall–Kier alpha value is -0.590. The number of carbonyl (C=O) groups is 1. The van der Waals surface area contributed by atoms with Crippen LogP contribution in [0.5, 0.6) is 0 Å². The predicted molar refractivity (Wildman–Crippen MR) is 39.6 cm³/mol. The Kier molecular flexibility index (Phi) is 1.05. The summed E-state index contributed by atoms with van der Waals surface area (Å²) in [5, 5.41) is 0. The third kappa shape index (κ3) is 0.606. The molecule has 10 heavy (non-hydrogen) atoms. The van der Waals surface area contributed by atoms with Crippen molar-refractivity contribution in [3.05, 3.63) is 12.2 Å². The first-order valence-electron chi connectivity index (χ1n) is 3.93. The van der Waals surface area contributed by atoms with Crippen LogP contribution in [0.1, 0.15) is 26.2 Å². The van der Waals surface area contributed by atoms with Crippen LogP contribution in [-0.4, -0.2) is 5.78 Å². The molecular formula is C9H12O. The molecule has 0 saturated heterocycles. The minimum absolute atomic E-state index is 0.259. The van der Waals surface area contributed by atoms with Gasteiger partial charge in [-0.25, -0.2) is 0 Å². The van der Waals surface area contributed by atoms with Crippen LogP contribution in [-0.2, 0) is 4.79 Å². The Morgan fingerprint density at radius 3 is 2.90 bits per heavy atom. The highest BCUT2D eigenvalue weighted by molar-refractivity contribution is 5.85. The van der Waals surface area contributed by atoms with Crippen molar-refractivity contribution in [3.8, 4) is 0 Å². The lowest BCUT2D eigenvalue weighted by Gasteiger charge is -2.46. The Bertz CT molecular complexity index is 205. The van der Waals surface area contributed by atoms with E-state index >= 15 is 0 Å². The zero-order chi connectivity index (χ0) is 7.19. The zero-order valence-electron chi connectivity index (χ0n) is 6.26. The van der Waals surface area contributed by atoms with Gasteiger partial charge in [-0.3, -0.25) is 4.79 Å². The van der Waals surface area contributed by atoms with Crippen molar-refractivity contribution in [2.24, 2.45) is 11.3 Å². The molecule has 0 aliphatic heterocycles. The number of rotatable bonds is 0. The van der Waals surface area contributed by atoms with Gasteiger partial charge in [-0.15, -0.1) is 0 Å². The van der Waals surface area contributed by atoms with Crippen LogP contribution >= 0.6 is 0 Å². The minimum Gasteiger partial charge on any atom is -0.299 e. The van der Waals surface area contributed by atoms with E-state index < -0.39 is 0 Å². The van der Waals surface area contributed by atoms with Gasteiger partial charge in [-0.05, 0) is 18.3 Å². The molecule has 2 aliphatic rings. The maximum atomic E-state index is 11.2. The third-order valence-electron chi connectivity index (χ3n) is 2.97. The van der Waals surface area contributed by atoms with Crippen molar-refractivity contribution in [2.75, 3.05) is 0 Å². The quantitative estimate of drug-likeness (QED) is 0.465. The van der Waals surface area contributed by atoms with E-state index in [9.17, 15) is 4.79 Å². The highest BCUT2D eigenvalue weighted by Gasteiger charge is 2.45. The number of ketones is 1. The van der Waals surface area contributed by atoms with Crippen molar-refractivity contribution >= 4 is 5.78 Å². The van der Waals surface area contributed by atoms with Crippen molar-refractivity contribution in [2.45, 2.75) is 26.2 Å². The molecule has 1 unspecified atom stereocenters. The van der Waals surface area contributed by atoms with Gasteiger partial charge in [0.2, 0.25) is 0 Å². The molecule has 0 amide bonds. The molecule has 2 aliphatic carbocycles. The summed E-state index contributed by atoms with van der Waals surface area (Å²) < 4.78 is 0. The summed E-state index contributed by atoms with van der Waals surface area (Å²) >= 11 is 0. The summed E-state index contributed by atoms with van der Waals surface area (Å²) in [6.45, 7) is 2.19. The number of carbonyl (C=O) groups excluding carboxylic acids is 1. The fourth-order valence-electron chi connectivity index (χ4n) is 2.06. The molecule has 1 fully saturated rings. The monoisotopic (exact) mass is 136 g/mol. The third-order valence-corrected chi connectivity index (χ3v) is 2.97. The molecule has 0 aromatic heterocycles. The molecule has 0 aromatic carbocycles. The number of allylic oxidation sites excluding steroid dienone is 2. The number of hydrogen-bond donors (Lipinski definition) is 0. The normalized spacial score (nSPS) is 44.5. The van der Waals surface area contributed by atoms with Crippen molar-refractivity contribution in [1.29, 1.82) is 0 Å². The lowest BCUT2D eigenvalue weighted by Crippen LogP contribution is -2.42. The summed E-state index contributed by atoms with van der Waals surface area (Å²) in [5.41, 5.74) is 0.259. The van der Waals surface area contributed by atoms with E-state index in [-0.39, 0.29) is 5.41 Å². The van der Waals surface area contributed by atoms with Gasteiger partial charge < -0.3 is 0 Å². The summed E-state index contributed by atoms with van der Waals surface area (Å²) in [6.07, 6.45) is 7.26. The highest BCUT2D eigenvalue weighted by atomic mass is 16.1. The average molecular weight is 136 g/mol. The lowest BCUT2D eigenvalue weighted by molar-refractivity contribution is -0.130. The second-order valence-electron chi connectivity index (χ2n) is 3.67. The van der Waals surface area contributed by atoms with Crippen LogP contribution in [0.2, 0.25) is 0 Å². The average Bonchev–Trinajstić information content (AvgIpc) is 1.83. The van der Waals surface area contributed by atoms with Crippen LogP contribution in [0.3, 0.4) is 0 Å². The van der Waals surface area contributed by atoms with E-state index in [1.54, 1.807) is 0 Å². The molecule has 2 atom stereocenters. The van der Waals surface area contributed by atoms with Crippen LogP contribution in [0.25, 0.3) is 0 Å². The molecule has 0 heterocycles. The second kappa shape index (κ2) is 1.71. The van der Waals surface area contributed by atoms with Crippen LogP contribution < -0.4 is 0 Å². The first kappa shape index (κ1) is 6.14. The van der Waals surface area contributed by atoms with E-state index in [2.05, 4.69) is 13.0 Å². The second-order valence-corrected chi connectivity index (χ2v) is 3.67. The largest absolute Gasteiger partial charge is 0.299 e. The fourth-order valence-corrected chi connectivity index (χ4v) is 2.06. The maximum absolute atomic E-state index is 11.2. The van der Waals surface area contributed by atoms with Gasteiger partial charge in [-0.2, -0.15) is 0 Å². The molecule has 0 bridgehead atoms. The van der Waals surface area contributed by atoms with Gasteiger partial charge in [-0.1, -0.05) is 19.1 Å². The van der Waals surface area contributed by atoms with E-state index in [4.69, 9.17) is 0 Å². The molecule has 54 valence electrons. The van der Waals surface area contributed by atoms with E-state index in [1.807, 2.05) is 6.08 Å². The van der Waals surface area contributed by atoms with Gasteiger partial charge in [0.15, 0.2) is 0 Å². The number of Topliss-reactive ketones (excluding diaryl/α,β-unsaturated/α-hetero) is 1. The maximum Gasteiger partial charge on any atom is 0.140 e. The van der Waals surface area contributed by atoms with Crippen molar-refractivity contribution in [1.82, 2.24) is 0 Å². The summed E-state index contributed by atoms with van der Waals surface area (Å²) in [4.78, 5) is 11.2. The van der Waals surface area contributed by atoms with Gasteiger partial charge in [0.25, 0.3) is 0 Å². The van der Waals surface area contributed by atoms with Gasteiger partial charge in [0, 0.05) is 12.3 Å². The van der Waals surface area contributed by atoms with E-state index in [0.29, 0.717) is 18.1 Å². The molecule has 0 N–H and O–H groups in total. The Morgan fingerprint density at radius 1 is 1.70 bits per heavy atom. The van der Waals surface area contributed by atoms with Crippen LogP contribution in [0, 0.1) is 11.3 Å². The van der Waals surface area contributed by atoms with Crippen LogP contribution in [0.15, 0.2) is 12.2 Å². The summed E-state index contributed by atoms with van der Waals surface area (Å²) in [7, 11) is 0. The predicted octanol–water partition coefficient (Wildman–Crippen LogP) is 1.93. The SMILES string of the molecule is C[C@@]12C=CCC(=O)C1CC2. The zero-order valence-corrected chi connectivity index (χ0v) is 6.26. The molecule has 1 heteroatoms. The molecule has 1 nitrogen and oxygen atoms in total. The minimum atomic E-state index is 0.259. The standard InChI is InChI=1S/C9H12O/c1-9-5-2-3-8(10)7(9)4-6-9/h2,5,7H,3-4,6H2,1H3/t7?,9-/m0/s1. The molecule has 1 saturated carbocycles. The highest BCUT2D eigenvalue weighted by Crippen LogP contribution is 2.50. The lowest BCUT2D eigenvalue weighted by atomic mass is 9.57. The Morgan fingerprint density at radius 2 is 2.50 bits per heavy atom. The van der Waals surface area contributed by atoms with Gasteiger partial charge >= 0.3 is 0 Å². The number of hydrogen-bond acceptors (Lipinski definition) is 1. The topological polar surface area (TPSA) is 17.1 Å². The van der Waals surface area contributed by atoms with E-state index in [0.717, 1.165) is 6.42 Å². The van der Waals surface area contributed by atoms with E-state index in [1.165, 1.54) is 6.42 Å². The molecule has 0 spiro atoms.